The molecular weight excluding hydrogens is 239 g/mol. The lowest BCUT2D eigenvalue weighted by atomic mass is 9.98. The lowest BCUT2D eigenvalue weighted by molar-refractivity contribution is -0.137. The summed E-state index contributed by atoms with van der Waals surface area (Å²) in [6.45, 7) is 3.45. The Morgan fingerprint density at radius 2 is 2.11 bits per heavy atom. The van der Waals surface area contributed by atoms with Crippen LogP contribution in [0, 0.1) is 5.95 Å². The van der Waals surface area contributed by atoms with E-state index in [-0.39, 0.29) is 12.0 Å². The molecule has 0 saturated carbocycles. The van der Waals surface area contributed by atoms with Gasteiger partial charge in [0.1, 0.15) is 0 Å². The first-order valence-electron chi connectivity index (χ1n) is 5.46. The molecule has 1 amide bonds. The van der Waals surface area contributed by atoms with E-state index in [0.717, 1.165) is 12.3 Å². The van der Waals surface area contributed by atoms with Gasteiger partial charge in [0.2, 0.25) is 5.95 Å². The fraction of sp³-hybridized carbons (Fsp3) is 0.417. The van der Waals surface area contributed by atoms with E-state index in [1.165, 1.54) is 6.07 Å². The van der Waals surface area contributed by atoms with E-state index in [9.17, 15) is 14.0 Å². The van der Waals surface area contributed by atoms with E-state index in [2.05, 4.69) is 10.3 Å². The van der Waals surface area contributed by atoms with Crippen LogP contribution in [0.5, 0.6) is 0 Å². The zero-order valence-corrected chi connectivity index (χ0v) is 10.2. The molecule has 0 aliphatic rings. The third-order valence-electron chi connectivity index (χ3n) is 2.41. The number of amides is 1. The van der Waals surface area contributed by atoms with Crippen LogP contribution in [0.4, 0.5) is 4.39 Å². The molecule has 0 aliphatic heterocycles. The number of aromatic nitrogens is 1. The molecule has 18 heavy (non-hydrogen) atoms. The maximum Gasteiger partial charge on any atom is 0.303 e. The summed E-state index contributed by atoms with van der Waals surface area (Å²) in [6, 6.07) is 2.42. The molecule has 1 heterocycles. The molecule has 0 atom stereocenters. The number of pyridine rings is 1. The highest BCUT2D eigenvalue weighted by Gasteiger charge is 2.22. The fourth-order valence-electron chi connectivity index (χ4n) is 1.37. The van der Waals surface area contributed by atoms with E-state index >= 15 is 0 Å². The van der Waals surface area contributed by atoms with Crippen LogP contribution in [0.15, 0.2) is 18.3 Å². The summed E-state index contributed by atoms with van der Waals surface area (Å²) in [5.41, 5.74) is -0.413. The summed E-state index contributed by atoms with van der Waals surface area (Å²) in [4.78, 5) is 25.7. The van der Waals surface area contributed by atoms with Gasteiger partial charge in [0, 0.05) is 18.2 Å². The molecule has 98 valence electrons. The average Bonchev–Trinajstić information content (AvgIpc) is 2.27. The minimum absolute atomic E-state index is 0.0328. The summed E-state index contributed by atoms with van der Waals surface area (Å²) < 4.78 is 12.6. The lowest BCUT2D eigenvalue weighted by Gasteiger charge is -2.25. The number of nitrogens with one attached hydrogen (secondary N) is 1. The van der Waals surface area contributed by atoms with Crippen LogP contribution in [0.1, 0.15) is 37.0 Å². The van der Waals surface area contributed by atoms with Crippen LogP contribution in [0.2, 0.25) is 0 Å². The van der Waals surface area contributed by atoms with Crippen molar-refractivity contribution in [1.82, 2.24) is 10.3 Å². The third-order valence-corrected chi connectivity index (χ3v) is 2.41. The number of rotatable bonds is 5. The van der Waals surface area contributed by atoms with Crippen LogP contribution in [-0.2, 0) is 4.79 Å². The van der Waals surface area contributed by atoms with Gasteiger partial charge >= 0.3 is 5.97 Å². The molecule has 6 heteroatoms. The molecule has 1 rings (SSSR count). The first kappa shape index (κ1) is 14.1. The van der Waals surface area contributed by atoms with Gasteiger partial charge in [0.05, 0.1) is 5.56 Å². The molecule has 0 radical (unpaired) electrons. The minimum Gasteiger partial charge on any atom is -0.481 e. The number of carboxylic acids is 1. The summed E-state index contributed by atoms with van der Waals surface area (Å²) >= 11 is 0. The number of hydrogen-bond acceptors (Lipinski definition) is 3. The van der Waals surface area contributed by atoms with E-state index in [1.54, 1.807) is 13.8 Å². The smallest absolute Gasteiger partial charge is 0.303 e. The molecule has 0 unspecified atom stereocenters. The second-order valence-electron chi connectivity index (χ2n) is 4.60. The highest BCUT2D eigenvalue weighted by Crippen LogP contribution is 2.12. The molecule has 0 spiro atoms. The van der Waals surface area contributed by atoms with Gasteiger partial charge < -0.3 is 10.4 Å². The second-order valence-corrected chi connectivity index (χ2v) is 4.60. The zero-order chi connectivity index (χ0) is 13.8. The normalized spacial score (nSPS) is 11.1. The first-order valence-corrected chi connectivity index (χ1v) is 5.46. The quantitative estimate of drug-likeness (QED) is 0.782. The Balaban J connectivity index is 2.63. The number of aliphatic carboxylic acids is 1. The van der Waals surface area contributed by atoms with Crippen molar-refractivity contribution in [3.8, 4) is 0 Å². The summed E-state index contributed by atoms with van der Waals surface area (Å²) in [5, 5.41) is 11.3. The van der Waals surface area contributed by atoms with Crippen LogP contribution in [0.3, 0.4) is 0 Å². The molecule has 1 aromatic rings. The highest BCUT2D eigenvalue weighted by atomic mass is 19.1. The van der Waals surface area contributed by atoms with Gasteiger partial charge in [-0.05, 0) is 32.4 Å². The number of halogens is 1. The van der Waals surface area contributed by atoms with Crippen LogP contribution < -0.4 is 5.32 Å². The zero-order valence-electron chi connectivity index (χ0n) is 10.2. The SMILES string of the molecule is CC(C)(CCC(=O)O)NC(=O)c1ccc(F)nc1. The van der Waals surface area contributed by atoms with E-state index in [1.807, 2.05) is 0 Å². The van der Waals surface area contributed by atoms with Crippen molar-refractivity contribution in [1.29, 1.82) is 0 Å². The minimum atomic E-state index is -0.916. The Morgan fingerprint density at radius 3 is 2.61 bits per heavy atom. The Hall–Kier alpha value is -1.98. The Morgan fingerprint density at radius 1 is 1.44 bits per heavy atom. The van der Waals surface area contributed by atoms with Gasteiger partial charge in [-0.1, -0.05) is 0 Å². The van der Waals surface area contributed by atoms with Crippen molar-refractivity contribution < 1.29 is 19.1 Å². The number of carboxylic acid groups (broad SMARTS) is 1. The topological polar surface area (TPSA) is 79.3 Å². The number of carbonyl (C=O) groups excluding carboxylic acids is 1. The van der Waals surface area contributed by atoms with Crippen LogP contribution in [0.25, 0.3) is 0 Å². The highest BCUT2D eigenvalue weighted by molar-refractivity contribution is 5.94. The summed E-state index contributed by atoms with van der Waals surface area (Å²) in [7, 11) is 0. The largest absolute Gasteiger partial charge is 0.481 e. The number of carbonyl (C=O) groups is 2. The monoisotopic (exact) mass is 254 g/mol. The molecule has 0 fully saturated rings. The Kier molecular flexibility index (Phi) is 4.36. The molecule has 5 nitrogen and oxygen atoms in total. The number of hydrogen-bond donors (Lipinski definition) is 2. The van der Waals surface area contributed by atoms with Crippen molar-refractivity contribution in [2.24, 2.45) is 0 Å². The predicted octanol–water partition coefficient (Wildman–Crippen LogP) is 1.59. The van der Waals surface area contributed by atoms with Gasteiger partial charge in [0.25, 0.3) is 5.91 Å². The van der Waals surface area contributed by atoms with Gasteiger partial charge in [-0.15, -0.1) is 0 Å². The summed E-state index contributed by atoms with van der Waals surface area (Å²) in [5.74, 6) is -1.98. The Labute approximate surface area is 104 Å². The standard InChI is InChI=1S/C12H15FN2O3/c1-12(2,6-5-10(16)17)15-11(18)8-3-4-9(13)14-7-8/h3-4,7H,5-6H2,1-2H3,(H,15,18)(H,16,17). The molecule has 0 saturated heterocycles. The average molecular weight is 254 g/mol. The maximum atomic E-state index is 12.6. The predicted molar refractivity (Wildman–Crippen MR) is 62.6 cm³/mol. The molecular formula is C12H15FN2O3. The third kappa shape index (κ3) is 4.48. The maximum absolute atomic E-state index is 12.6. The van der Waals surface area contributed by atoms with Gasteiger partial charge in [-0.2, -0.15) is 4.39 Å². The van der Waals surface area contributed by atoms with Gasteiger partial charge in [-0.3, -0.25) is 9.59 Å². The number of nitrogens with zero attached hydrogens (tertiary/aromatic N) is 1. The van der Waals surface area contributed by atoms with E-state index in [0.29, 0.717) is 6.42 Å². The molecule has 2 N–H and O–H groups in total. The van der Waals surface area contributed by atoms with E-state index < -0.39 is 23.4 Å². The van der Waals surface area contributed by atoms with E-state index in [4.69, 9.17) is 5.11 Å². The molecule has 0 aromatic carbocycles. The van der Waals surface area contributed by atoms with Crippen molar-refractivity contribution in [2.75, 3.05) is 0 Å². The molecule has 1 aromatic heterocycles. The van der Waals surface area contributed by atoms with Crippen molar-refractivity contribution in [2.45, 2.75) is 32.2 Å². The van der Waals surface area contributed by atoms with Crippen molar-refractivity contribution >= 4 is 11.9 Å². The van der Waals surface area contributed by atoms with Gasteiger partial charge in [0.15, 0.2) is 0 Å². The van der Waals surface area contributed by atoms with Gasteiger partial charge in [-0.25, -0.2) is 4.98 Å². The molecule has 0 bridgehead atoms. The fourth-order valence-corrected chi connectivity index (χ4v) is 1.37. The summed E-state index contributed by atoms with van der Waals surface area (Å²) in [6.07, 6.45) is 1.41. The van der Waals surface area contributed by atoms with Crippen LogP contribution >= 0.6 is 0 Å². The lowest BCUT2D eigenvalue weighted by Crippen LogP contribution is -2.43. The first-order chi connectivity index (χ1) is 8.30. The molecule has 0 aliphatic carbocycles. The van der Waals surface area contributed by atoms with Crippen molar-refractivity contribution in [3.63, 3.8) is 0 Å². The van der Waals surface area contributed by atoms with Crippen LogP contribution in [-0.4, -0.2) is 27.5 Å². The van der Waals surface area contributed by atoms with Crippen molar-refractivity contribution in [3.05, 3.63) is 29.8 Å². The Bertz CT molecular complexity index is 443. The second kappa shape index (κ2) is 5.57.